The van der Waals surface area contributed by atoms with Crippen LogP contribution < -0.4 is 10.9 Å². The fraction of sp³-hybridized carbons (Fsp3) is 0.240. The molecule has 2 aromatic carbocycles. The van der Waals surface area contributed by atoms with E-state index in [4.69, 9.17) is 0 Å². The Kier molecular flexibility index (Phi) is 6.39. The summed E-state index contributed by atoms with van der Waals surface area (Å²) in [6.45, 7) is 7.67. The summed E-state index contributed by atoms with van der Waals surface area (Å²) in [5, 5.41) is 2.87. The average molecular weight is 418 g/mol. The van der Waals surface area contributed by atoms with E-state index in [-0.39, 0.29) is 18.0 Å². The number of aromatic amines is 1. The van der Waals surface area contributed by atoms with Crippen molar-refractivity contribution in [3.8, 4) is 11.3 Å². The maximum atomic E-state index is 12.8. The molecule has 31 heavy (non-hydrogen) atoms. The number of hydrogen-bond acceptors (Lipinski definition) is 3. The van der Waals surface area contributed by atoms with Gasteiger partial charge in [-0.1, -0.05) is 41.5 Å². The average Bonchev–Trinajstić information content (AvgIpc) is 2.70. The molecule has 0 aliphatic heterocycles. The number of likely N-dealkylation sites (N-methyl/N-ethyl adjacent to an activating group) is 1. The lowest BCUT2D eigenvalue weighted by atomic mass is 10.1. The first-order valence-corrected chi connectivity index (χ1v) is 10.1. The number of benzene rings is 2. The van der Waals surface area contributed by atoms with Gasteiger partial charge in [0.15, 0.2) is 0 Å². The molecule has 0 spiro atoms. The van der Waals surface area contributed by atoms with E-state index in [2.05, 4.69) is 10.3 Å². The maximum Gasteiger partial charge on any atom is 0.261 e. The predicted molar refractivity (Wildman–Crippen MR) is 123 cm³/mol. The van der Waals surface area contributed by atoms with Crippen molar-refractivity contribution in [3.63, 3.8) is 0 Å². The van der Waals surface area contributed by atoms with Gasteiger partial charge in [0.05, 0.1) is 6.54 Å². The van der Waals surface area contributed by atoms with Crippen molar-refractivity contribution >= 4 is 17.5 Å². The lowest BCUT2D eigenvalue weighted by Crippen LogP contribution is -2.37. The molecule has 0 saturated carbocycles. The molecule has 1 aromatic heterocycles. The number of carbonyl (C=O) groups excluding carboxylic acids is 2. The van der Waals surface area contributed by atoms with Gasteiger partial charge >= 0.3 is 0 Å². The molecule has 0 fully saturated rings. The van der Waals surface area contributed by atoms with Gasteiger partial charge in [0.1, 0.15) is 5.56 Å². The zero-order valence-corrected chi connectivity index (χ0v) is 18.5. The number of pyridine rings is 1. The Hall–Kier alpha value is -3.67. The molecule has 2 N–H and O–H groups in total. The standard InChI is InChI=1S/C25H27N3O3/c1-15-7-6-8-19(13-15)21-10-9-20(24(30)26-21)25(31)28(5)14-22(29)27-23-17(3)11-16(2)12-18(23)4/h6-13H,14H2,1-5H3,(H,26,30)(H,27,29). The number of nitrogens with zero attached hydrogens (tertiary/aromatic N) is 1. The second-order valence-corrected chi connectivity index (χ2v) is 7.97. The number of amides is 2. The van der Waals surface area contributed by atoms with Crippen LogP contribution in [0, 0.1) is 27.7 Å². The van der Waals surface area contributed by atoms with Gasteiger partial charge in [-0.05, 0) is 62.6 Å². The third-order valence-electron chi connectivity index (χ3n) is 5.14. The quantitative estimate of drug-likeness (QED) is 0.659. The lowest BCUT2D eigenvalue weighted by Gasteiger charge is -2.18. The molecule has 0 unspecified atom stereocenters. The van der Waals surface area contributed by atoms with Gasteiger partial charge in [0, 0.05) is 18.4 Å². The predicted octanol–water partition coefficient (Wildman–Crippen LogP) is 3.99. The van der Waals surface area contributed by atoms with Crippen LogP contribution in [0.1, 0.15) is 32.6 Å². The molecule has 160 valence electrons. The van der Waals surface area contributed by atoms with Crippen molar-refractivity contribution in [2.45, 2.75) is 27.7 Å². The minimum absolute atomic E-state index is 0.00519. The molecule has 6 heteroatoms. The molecule has 3 rings (SSSR count). The summed E-state index contributed by atoms with van der Waals surface area (Å²) >= 11 is 0. The molecule has 0 aliphatic rings. The Labute approximate surface area is 181 Å². The van der Waals surface area contributed by atoms with Crippen molar-refractivity contribution in [1.82, 2.24) is 9.88 Å². The van der Waals surface area contributed by atoms with E-state index in [1.807, 2.05) is 64.1 Å². The Bertz CT molecular complexity index is 1190. The van der Waals surface area contributed by atoms with Gasteiger partial charge in [0.25, 0.3) is 11.5 Å². The second-order valence-electron chi connectivity index (χ2n) is 7.97. The molecular weight excluding hydrogens is 390 g/mol. The van der Waals surface area contributed by atoms with Crippen LogP contribution in [0.5, 0.6) is 0 Å². The zero-order chi connectivity index (χ0) is 22.7. The number of carbonyl (C=O) groups is 2. The summed E-state index contributed by atoms with van der Waals surface area (Å²) in [7, 11) is 1.50. The van der Waals surface area contributed by atoms with Crippen molar-refractivity contribution in [2.24, 2.45) is 0 Å². The first kappa shape index (κ1) is 22.0. The molecule has 0 aliphatic carbocycles. The van der Waals surface area contributed by atoms with Gasteiger partial charge < -0.3 is 15.2 Å². The molecular formula is C25H27N3O3. The SMILES string of the molecule is Cc1cccc(-c2ccc(C(=O)N(C)CC(=O)Nc3c(C)cc(C)cc3C)c(=O)[nH]2)c1. The number of aromatic nitrogens is 1. The minimum Gasteiger partial charge on any atom is -0.332 e. The number of hydrogen-bond donors (Lipinski definition) is 2. The van der Waals surface area contributed by atoms with E-state index in [1.165, 1.54) is 18.0 Å². The molecule has 0 saturated heterocycles. The van der Waals surface area contributed by atoms with Crippen LogP contribution in [0.15, 0.2) is 53.3 Å². The summed E-state index contributed by atoms with van der Waals surface area (Å²) in [6, 6.07) is 14.9. The van der Waals surface area contributed by atoms with Gasteiger partial charge in [-0.3, -0.25) is 14.4 Å². The van der Waals surface area contributed by atoms with E-state index in [0.717, 1.165) is 33.5 Å². The maximum absolute atomic E-state index is 12.8. The second kappa shape index (κ2) is 9.00. The number of nitrogens with one attached hydrogen (secondary N) is 2. The summed E-state index contributed by atoms with van der Waals surface area (Å²) in [6.07, 6.45) is 0. The van der Waals surface area contributed by atoms with Crippen LogP contribution in [-0.2, 0) is 4.79 Å². The van der Waals surface area contributed by atoms with E-state index >= 15 is 0 Å². The van der Waals surface area contributed by atoms with Crippen LogP contribution in [0.25, 0.3) is 11.3 Å². The first-order valence-electron chi connectivity index (χ1n) is 10.1. The molecule has 2 amide bonds. The summed E-state index contributed by atoms with van der Waals surface area (Å²) in [5.74, 6) is -0.830. The fourth-order valence-corrected chi connectivity index (χ4v) is 3.67. The van der Waals surface area contributed by atoms with Crippen LogP contribution >= 0.6 is 0 Å². The topological polar surface area (TPSA) is 82.3 Å². The van der Waals surface area contributed by atoms with Crippen LogP contribution in [0.4, 0.5) is 5.69 Å². The zero-order valence-electron chi connectivity index (χ0n) is 18.5. The van der Waals surface area contributed by atoms with Crippen molar-refractivity contribution in [3.05, 3.63) is 86.7 Å². The molecule has 0 bridgehead atoms. The number of rotatable bonds is 5. The van der Waals surface area contributed by atoms with Crippen LogP contribution in [0.3, 0.4) is 0 Å². The monoisotopic (exact) mass is 417 g/mol. The smallest absolute Gasteiger partial charge is 0.261 e. The number of anilines is 1. The Morgan fingerprint density at radius 3 is 2.23 bits per heavy atom. The van der Waals surface area contributed by atoms with Crippen LogP contribution in [0.2, 0.25) is 0 Å². The van der Waals surface area contributed by atoms with Crippen LogP contribution in [-0.4, -0.2) is 35.3 Å². The normalized spacial score (nSPS) is 10.6. The molecule has 0 radical (unpaired) electrons. The fourth-order valence-electron chi connectivity index (χ4n) is 3.67. The van der Waals surface area contributed by atoms with Crippen molar-refractivity contribution < 1.29 is 9.59 Å². The highest BCUT2D eigenvalue weighted by molar-refractivity contribution is 5.99. The highest BCUT2D eigenvalue weighted by Crippen LogP contribution is 2.22. The van der Waals surface area contributed by atoms with E-state index < -0.39 is 11.5 Å². The minimum atomic E-state index is -0.510. The van der Waals surface area contributed by atoms with Crippen molar-refractivity contribution in [2.75, 3.05) is 18.9 Å². The number of H-pyrrole nitrogens is 1. The third-order valence-corrected chi connectivity index (χ3v) is 5.14. The Balaban J connectivity index is 1.73. The highest BCUT2D eigenvalue weighted by atomic mass is 16.2. The molecule has 6 nitrogen and oxygen atoms in total. The van der Waals surface area contributed by atoms with Gasteiger partial charge in [-0.15, -0.1) is 0 Å². The van der Waals surface area contributed by atoms with Gasteiger partial charge in [-0.2, -0.15) is 0 Å². The van der Waals surface area contributed by atoms with Gasteiger partial charge in [0.2, 0.25) is 5.91 Å². The Morgan fingerprint density at radius 2 is 1.61 bits per heavy atom. The highest BCUT2D eigenvalue weighted by Gasteiger charge is 2.19. The third kappa shape index (κ3) is 5.09. The molecule has 3 aromatic rings. The summed E-state index contributed by atoms with van der Waals surface area (Å²) < 4.78 is 0. The van der Waals surface area contributed by atoms with Gasteiger partial charge in [-0.25, -0.2) is 0 Å². The first-order chi connectivity index (χ1) is 14.7. The Morgan fingerprint density at radius 1 is 0.935 bits per heavy atom. The van der Waals surface area contributed by atoms with E-state index in [1.54, 1.807) is 6.07 Å². The summed E-state index contributed by atoms with van der Waals surface area (Å²) in [5.41, 5.74) is 5.87. The molecule has 0 atom stereocenters. The molecule has 1 heterocycles. The van der Waals surface area contributed by atoms with E-state index in [0.29, 0.717) is 5.69 Å². The van der Waals surface area contributed by atoms with E-state index in [9.17, 15) is 14.4 Å². The van der Waals surface area contributed by atoms with Crippen molar-refractivity contribution in [1.29, 1.82) is 0 Å². The largest absolute Gasteiger partial charge is 0.332 e. The lowest BCUT2D eigenvalue weighted by molar-refractivity contribution is -0.116. The summed E-state index contributed by atoms with van der Waals surface area (Å²) in [4.78, 5) is 41.8. The number of aryl methyl sites for hydroxylation is 4.